The van der Waals surface area contributed by atoms with Crippen LogP contribution >= 0.6 is 11.3 Å². The molecule has 7 nitrogen and oxygen atoms in total. The predicted molar refractivity (Wildman–Crippen MR) is 76.4 cm³/mol. The fourth-order valence-corrected chi connectivity index (χ4v) is 3.43. The zero-order valence-electron chi connectivity index (χ0n) is 11.3. The summed E-state index contributed by atoms with van der Waals surface area (Å²) in [5, 5.41) is 8.87. The highest BCUT2D eigenvalue weighted by atomic mass is 32.1. The van der Waals surface area contributed by atoms with E-state index in [2.05, 4.69) is 15.1 Å². The Labute approximate surface area is 120 Å². The molecule has 0 spiro atoms. The molecule has 0 fully saturated rings. The number of thiophene rings is 1. The maximum Gasteiger partial charge on any atom is 0.177 e. The summed E-state index contributed by atoms with van der Waals surface area (Å²) in [6.45, 7) is 3.75. The number of nitrogens with zero attached hydrogens (tertiary/aromatic N) is 4. The van der Waals surface area contributed by atoms with Crippen molar-refractivity contribution in [3.05, 3.63) is 17.0 Å². The summed E-state index contributed by atoms with van der Waals surface area (Å²) in [6, 6.07) is 0. The van der Waals surface area contributed by atoms with Crippen LogP contribution in [-0.4, -0.2) is 34.2 Å². The van der Waals surface area contributed by atoms with E-state index in [9.17, 15) is 4.79 Å². The van der Waals surface area contributed by atoms with Crippen LogP contribution in [0.1, 0.15) is 22.4 Å². The molecule has 3 heterocycles. The van der Waals surface area contributed by atoms with Gasteiger partial charge in [0.15, 0.2) is 17.4 Å². The number of anilines is 2. The normalized spacial score (nSPS) is 14.2. The summed E-state index contributed by atoms with van der Waals surface area (Å²) in [6.07, 6.45) is 1.73. The first-order valence-electron chi connectivity index (χ1n) is 6.20. The molecule has 0 aromatic carbocycles. The summed E-state index contributed by atoms with van der Waals surface area (Å²) < 4.78 is 7.40. The summed E-state index contributed by atoms with van der Waals surface area (Å²) in [5.41, 5.74) is 6.42. The maximum absolute atomic E-state index is 11.6. The van der Waals surface area contributed by atoms with Gasteiger partial charge in [-0.05, 0) is 0 Å². The lowest BCUT2D eigenvalue weighted by Crippen LogP contribution is -2.33. The minimum atomic E-state index is -0.0442. The lowest BCUT2D eigenvalue weighted by atomic mass is 10.3. The van der Waals surface area contributed by atoms with Gasteiger partial charge < -0.3 is 19.9 Å². The minimum Gasteiger partial charge on any atom is -0.492 e. The summed E-state index contributed by atoms with van der Waals surface area (Å²) in [7, 11) is 1.57. The van der Waals surface area contributed by atoms with Gasteiger partial charge >= 0.3 is 0 Å². The number of hydrogen-bond donors (Lipinski definition) is 1. The average molecular weight is 293 g/mol. The van der Waals surface area contributed by atoms with Crippen LogP contribution < -0.4 is 15.4 Å². The SMILES string of the molecule is COc1c(N2CCn3cnnc3C2)sc(C(C)=O)c1N. The molecule has 8 heteroatoms. The number of aromatic nitrogens is 3. The Bertz CT molecular complexity index is 663. The van der Waals surface area contributed by atoms with Crippen molar-refractivity contribution in [3.8, 4) is 5.75 Å². The van der Waals surface area contributed by atoms with E-state index in [0.717, 1.165) is 23.9 Å². The third-order valence-corrected chi connectivity index (χ3v) is 4.68. The van der Waals surface area contributed by atoms with Gasteiger partial charge in [0.05, 0.1) is 24.2 Å². The number of ether oxygens (including phenoxy) is 1. The van der Waals surface area contributed by atoms with Gasteiger partial charge in [0.2, 0.25) is 0 Å². The number of carbonyl (C=O) groups excluding carboxylic acids is 1. The molecule has 106 valence electrons. The molecule has 2 N–H and O–H groups in total. The van der Waals surface area contributed by atoms with Crippen LogP contribution in [0.2, 0.25) is 0 Å². The first kappa shape index (κ1) is 12.9. The Balaban J connectivity index is 1.99. The molecule has 0 bridgehead atoms. The first-order chi connectivity index (χ1) is 9.61. The summed E-state index contributed by atoms with van der Waals surface area (Å²) in [5.74, 6) is 1.43. The molecule has 0 aliphatic carbocycles. The molecule has 1 aliphatic heterocycles. The van der Waals surface area contributed by atoms with Crippen LogP contribution in [0.3, 0.4) is 0 Å². The van der Waals surface area contributed by atoms with E-state index in [1.165, 1.54) is 18.3 Å². The Morgan fingerprint density at radius 1 is 1.50 bits per heavy atom. The van der Waals surface area contributed by atoms with Crippen molar-refractivity contribution in [2.45, 2.75) is 20.0 Å². The highest BCUT2D eigenvalue weighted by Gasteiger charge is 2.26. The van der Waals surface area contributed by atoms with Crippen molar-refractivity contribution >= 4 is 27.8 Å². The van der Waals surface area contributed by atoms with Crippen LogP contribution in [0, 0.1) is 0 Å². The molecule has 0 saturated carbocycles. The molecule has 0 saturated heterocycles. The summed E-state index contributed by atoms with van der Waals surface area (Å²) in [4.78, 5) is 14.3. The molecular weight excluding hydrogens is 278 g/mol. The molecular formula is C12H15N5O2S. The third kappa shape index (κ3) is 1.92. The fraction of sp³-hybridized carbons (Fsp3) is 0.417. The van der Waals surface area contributed by atoms with Crippen LogP contribution in [0.15, 0.2) is 6.33 Å². The van der Waals surface area contributed by atoms with Gasteiger partial charge in [-0.2, -0.15) is 0 Å². The van der Waals surface area contributed by atoms with E-state index in [0.29, 0.717) is 22.9 Å². The summed E-state index contributed by atoms with van der Waals surface area (Å²) >= 11 is 1.37. The van der Waals surface area contributed by atoms with E-state index in [-0.39, 0.29) is 5.78 Å². The van der Waals surface area contributed by atoms with Gasteiger partial charge in [-0.15, -0.1) is 21.5 Å². The number of fused-ring (bicyclic) bond motifs is 1. The smallest absolute Gasteiger partial charge is 0.177 e. The topological polar surface area (TPSA) is 86.3 Å². The molecule has 0 atom stereocenters. The van der Waals surface area contributed by atoms with Crippen molar-refractivity contribution in [2.24, 2.45) is 0 Å². The second-order valence-corrected chi connectivity index (χ2v) is 5.60. The van der Waals surface area contributed by atoms with Crippen LogP contribution in [0.4, 0.5) is 10.7 Å². The first-order valence-corrected chi connectivity index (χ1v) is 7.02. The van der Waals surface area contributed by atoms with Gasteiger partial charge in [0.25, 0.3) is 0 Å². The fourth-order valence-electron chi connectivity index (χ4n) is 2.32. The van der Waals surface area contributed by atoms with Crippen molar-refractivity contribution < 1.29 is 9.53 Å². The maximum atomic E-state index is 11.6. The van der Waals surface area contributed by atoms with Gasteiger partial charge in [-0.3, -0.25) is 4.79 Å². The molecule has 0 unspecified atom stereocenters. The Hall–Kier alpha value is -2.09. The zero-order chi connectivity index (χ0) is 14.3. The predicted octanol–water partition coefficient (Wildman–Crippen LogP) is 1.15. The molecule has 20 heavy (non-hydrogen) atoms. The van der Waals surface area contributed by atoms with Gasteiger partial charge in [0, 0.05) is 20.0 Å². The highest BCUT2D eigenvalue weighted by molar-refractivity contribution is 7.19. The molecule has 0 radical (unpaired) electrons. The standard InChI is InChI=1S/C12H15N5O2S/c1-7(18)11-9(13)10(19-2)12(20-11)16-3-4-17-6-14-15-8(17)5-16/h6H,3-5,13H2,1-2H3. The number of ketones is 1. The van der Waals surface area contributed by atoms with E-state index in [1.807, 2.05) is 4.57 Å². The van der Waals surface area contributed by atoms with Crippen molar-refractivity contribution in [2.75, 3.05) is 24.3 Å². The Morgan fingerprint density at radius 2 is 2.30 bits per heavy atom. The molecule has 1 aliphatic rings. The van der Waals surface area contributed by atoms with Crippen molar-refractivity contribution in [3.63, 3.8) is 0 Å². The number of carbonyl (C=O) groups is 1. The zero-order valence-corrected chi connectivity index (χ0v) is 12.1. The van der Waals surface area contributed by atoms with Crippen molar-refractivity contribution in [1.29, 1.82) is 0 Å². The van der Waals surface area contributed by atoms with Crippen molar-refractivity contribution in [1.82, 2.24) is 14.8 Å². The largest absolute Gasteiger partial charge is 0.492 e. The second-order valence-electron chi connectivity index (χ2n) is 4.60. The molecule has 3 rings (SSSR count). The average Bonchev–Trinajstić information content (AvgIpc) is 3.01. The molecule has 2 aromatic rings. The van der Waals surface area contributed by atoms with Gasteiger partial charge in [0.1, 0.15) is 11.3 Å². The van der Waals surface area contributed by atoms with E-state index in [4.69, 9.17) is 10.5 Å². The van der Waals surface area contributed by atoms with E-state index in [1.54, 1.807) is 13.4 Å². The highest BCUT2D eigenvalue weighted by Crippen LogP contribution is 2.45. The lowest BCUT2D eigenvalue weighted by molar-refractivity contribution is 0.102. The molecule has 2 aromatic heterocycles. The Morgan fingerprint density at radius 3 is 3.00 bits per heavy atom. The van der Waals surface area contributed by atoms with E-state index < -0.39 is 0 Å². The number of Topliss-reactive ketones (excluding diaryl/α,β-unsaturated/α-hetero) is 1. The van der Waals surface area contributed by atoms with Crippen LogP contribution in [-0.2, 0) is 13.1 Å². The van der Waals surface area contributed by atoms with Crippen LogP contribution in [0.25, 0.3) is 0 Å². The number of rotatable bonds is 3. The lowest BCUT2D eigenvalue weighted by Gasteiger charge is -2.28. The number of nitrogens with two attached hydrogens (primary N) is 1. The third-order valence-electron chi connectivity index (χ3n) is 3.33. The number of nitrogen functional groups attached to an aromatic ring is 1. The molecule has 0 amide bonds. The van der Waals surface area contributed by atoms with Gasteiger partial charge in [-0.25, -0.2) is 0 Å². The number of methoxy groups -OCH3 is 1. The quantitative estimate of drug-likeness (QED) is 0.854. The number of hydrogen-bond acceptors (Lipinski definition) is 7. The van der Waals surface area contributed by atoms with Gasteiger partial charge in [-0.1, -0.05) is 0 Å². The Kier molecular flexibility index (Phi) is 3.09. The van der Waals surface area contributed by atoms with E-state index >= 15 is 0 Å². The minimum absolute atomic E-state index is 0.0442. The monoisotopic (exact) mass is 293 g/mol. The second kappa shape index (κ2) is 4.78. The van der Waals surface area contributed by atoms with Crippen LogP contribution in [0.5, 0.6) is 5.75 Å².